The number of nitrogens with zero attached hydrogens (tertiary/aromatic N) is 2. The maximum Gasteiger partial charge on any atom is 0.257 e. The first kappa shape index (κ1) is 17.9. The van der Waals surface area contributed by atoms with Crippen LogP contribution in [0, 0.1) is 6.92 Å². The molecule has 6 nitrogen and oxygen atoms in total. The van der Waals surface area contributed by atoms with Gasteiger partial charge in [0.25, 0.3) is 5.91 Å². The number of hydrogen-bond acceptors (Lipinski definition) is 5. The van der Waals surface area contributed by atoms with Gasteiger partial charge in [0.2, 0.25) is 11.8 Å². The van der Waals surface area contributed by atoms with Gasteiger partial charge < -0.3 is 14.5 Å². The number of aryl methyl sites for hydroxylation is 1. The SMILES string of the molecule is Cc1ccc(OCC(=O)NCCc2nnc(-c3ccccc3Cl)o2)cc1. The topological polar surface area (TPSA) is 77.2 Å². The summed E-state index contributed by atoms with van der Waals surface area (Å²) < 4.78 is 11.0. The van der Waals surface area contributed by atoms with Crippen LogP contribution in [0.25, 0.3) is 11.5 Å². The smallest absolute Gasteiger partial charge is 0.257 e. The van der Waals surface area contributed by atoms with E-state index in [1.54, 1.807) is 6.07 Å². The van der Waals surface area contributed by atoms with Gasteiger partial charge in [-0.15, -0.1) is 10.2 Å². The van der Waals surface area contributed by atoms with Crippen molar-refractivity contribution in [3.63, 3.8) is 0 Å². The summed E-state index contributed by atoms with van der Waals surface area (Å²) in [6.45, 7) is 2.32. The van der Waals surface area contributed by atoms with Crippen LogP contribution in [0.5, 0.6) is 5.75 Å². The van der Waals surface area contributed by atoms with Gasteiger partial charge in [-0.2, -0.15) is 0 Å². The molecule has 1 heterocycles. The molecule has 7 heteroatoms. The van der Waals surface area contributed by atoms with E-state index in [0.29, 0.717) is 41.1 Å². The van der Waals surface area contributed by atoms with Crippen LogP contribution in [0.2, 0.25) is 5.02 Å². The van der Waals surface area contributed by atoms with E-state index < -0.39 is 0 Å². The van der Waals surface area contributed by atoms with E-state index in [0.717, 1.165) is 5.56 Å². The summed E-state index contributed by atoms with van der Waals surface area (Å²) in [5.41, 5.74) is 1.82. The normalized spacial score (nSPS) is 10.5. The lowest BCUT2D eigenvalue weighted by Gasteiger charge is -2.06. The number of hydrogen-bond donors (Lipinski definition) is 1. The molecule has 3 aromatic rings. The van der Waals surface area contributed by atoms with Crippen molar-refractivity contribution < 1.29 is 13.9 Å². The lowest BCUT2D eigenvalue weighted by molar-refractivity contribution is -0.123. The second kappa shape index (κ2) is 8.49. The molecule has 0 fully saturated rings. The lowest BCUT2D eigenvalue weighted by Crippen LogP contribution is -2.30. The summed E-state index contributed by atoms with van der Waals surface area (Å²) in [7, 11) is 0. The Bertz CT molecular complexity index is 878. The number of aromatic nitrogens is 2. The van der Waals surface area contributed by atoms with Gasteiger partial charge >= 0.3 is 0 Å². The Balaban J connectivity index is 1.44. The highest BCUT2D eigenvalue weighted by Crippen LogP contribution is 2.26. The third-order valence-corrected chi connectivity index (χ3v) is 3.95. The Morgan fingerprint density at radius 1 is 1.15 bits per heavy atom. The van der Waals surface area contributed by atoms with Crippen molar-refractivity contribution in [3.05, 3.63) is 65.0 Å². The van der Waals surface area contributed by atoms with E-state index in [-0.39, 0.29) is 12.5 Å². The molecule has 3 rings (SSSR count). The van der Waals surface area contributed by atoms with Gasteiger partial charge in [0.15, 0.2) is 6.61 Å². The molecular weight excluding hydrogens is 354 g/mol. The zero-order valence-electron chi connectivity index (χ0n) is 14.2. The molecule has 0 spiro atoms. The van der Waals surface area contributed by atoms with Gasteiger partial charge in [-0.1, -0.05) is 41.4 Å². The molecule has 0 aliphatic heterocycles. The quantitative estimate of drug-likeness (QED) is 0.688. The average Bonchev–Trinajstić information content (AvgIpc) is 3.10. The van der Waals surface area contributed by atoms with Crippen LogP contribution in [0.3, 0.4) is 0 Å². The van der Waals surface area contributed by atoms with E-state index in [4.69, 9.17) is 20.8 Å². The van der Waals surface area contributed by atoms with Crippen molar-refractivity contribution in [2.75, 3.05) is 13.2 Å². The molecule has 0 aliphatic carbocycles. The Kier molecular flexibility index (Phi) is 5.86. The molecule has 0 saturated heterocycles. The first-order valence-corrected chi connectivity index (χ1v) is 8.53. The fraction of sp³-hybridized carbons (Fsp3) is 0.211. The summed E-state index contributed by atoms with van der Waals surface area (Å²) in [6, 6.07) is 14.8. The van der Waals surface area contributed by atoms with E-state index in [9.17, 15) is 4.79 Å². The first-order valence-electron chi connectivity index (χ1n) is 8.15. The number of benzene rings is 2. The van der Waals surface area contributed by atoms with Crippen LogP contribution < -0.4 is 10.1 Å². The van der Waals surface area contributed by atoms with Crippen LogP contribution in [-0.2, 0) is 11.2 Å². The van der Waals surface area contributed by atoms with Crippen LogP contribution in [0.4, 0.5) is 0 Å². The maximum atomic E-state index is 11.8. The fourth-order valence-electron chi connectivity index (χ4n) is 2.24. The summed E-state index contributed by atoms with van der Waals surface area (Å²) in [6.07, 6.45) is 0.424. The monoisotopic (exact) mass is 371 g/mol. The Morgan fingerprint density at radius 2 is 1.92 bits per heavy atom. The predicted molar refractivity (Wildman–Crippen MR) is 98.1 cm³/mol. The van der Waals surface area contributed by atoms with Gasteiger partial charge in [0.05, 0.1) is 10.6 Å². The summed E-state index contributed by atoms with van der Waals surface area (Å²) in [5.74, 6) is 1.24. The number of nitrogens with one attached hydrogen (secondary N) is 1. The maximum absolute atomic E-state index is 11.8. The van der Waals surface area contributed by atoms with Crippen molar-refractivity contribution >= 4 is 17.5 Å². The van der Waals surface area contributed by atoms with Gasteiger partial charge in [-0.25, -0.2) is 0 Å². The second-order valence-electron chi connectivity index (χ2n) is 5.68. The standard InChI is InChI=1S/C19H18ClN3O3/c1-13-6-8-14(9-7-13)25-12-17(24)21-11-10-18-22-23-19(26-18)15-4-2-3-5-16(15)20/h2-9H,10-12H2,1H3,(H,21,24). The molecule has 0 saturated carbocycles. The molecular formula is C19H18ClN3O3. The van der Waals surface area contributed by atoms with Crippen LogP contribution in [-0.4, -0.2) is 29.3 Å². The molecule has 1 amide bonds. The van der Waals surface area contributed by atoms with Gasteiger partial charge in [-0.05, 0) is 31.2 Å². The van der Waals surface area contributed by atoms with Gasteiger partial charge in [0.1, 0.15) is 5.75 Å². The second-order valence-corrected chi connectivity index (χ2v) is 6.09. The van der Waals surface area contributed by atoms with Crippen molar-refractivity contribution in [1.29, 1.82) is 0 Å². The van der Waals surface area contributed by atoms with Gasteiger partial charge in [-0.3, -0.25) is 4.79 Å². The largest absolute Gasteiger partial charge is 0.484 e. The highest BCUT2D eigenvalue weighted by Gasteiger charge is 2.11. The Morgan fingerprint density at radius 3 is 2.69 bits per heavy atom. The van der Waals surface area contributed by atoms with E-state index >= 15 is 0 Å². The Labute approximate surface area is 156 Å². The highest BCUT2D eigenvalue weighted by atomic mass is 35.5. The Hall–Kier alpha value is -2.86. The lowest BCUT2D eigenvalue weighted by atomic mass is 10.2. The molecule has 1 N–H and O–H groups in total. The van der Waals surface area contributed by atoms with Crippen LogP contribution in [0.15, 0.2) is 52.9 Å². The van der Waals surface area contributed by atoms with Crippen molar-refractivity contribution in [2.45, 2.75) is 13.3 Å². The third kappa shape index (κ3) is 4.83. The molecule has 0 bridgehead atoms. The van der Waals surface area contributed by atoms with Crippen molar-refractivity contribution in [1.82, 2.24) is 15.5 Å². The predicted octanol–water partition coefficient (Wildman–Crippen LogP) is 3.44. The van der Waals surface area contributed by atoms with Crippen LogP contribution in [0.1, 0.15) is 11.5 Å². The number of rotatable bonds is 7. The fourth-order valence-corrected chi connectivity index (χ4v) is 2.46. The summed E-state index contributed by atoms with van der Waals surface area (Å²) in [5, 5.41) is 11.3. The zero-order chi connectivity index (χ0) is 18.4. The number of ether oxygens (including phenoxy) is 1. The minimum Gasteiger partial charge on any atom is -0.484 e. The van der Waals surface area contributed by atoms with Crippen molar-refractivity contribution in [2.24, 2.45) is 0 Å². The van der Waals surface area contributed by atoms with Crippen LogP contribution >= 0.6 is 11.6 Å². The van der Waals surface area contributed by atoms with E-state index in [1.165, 1.54) is 0 Å². The number of carbonyl (C=O) groups excluding carboxylic acids is 1. The molecule has 0 atom stereocenters. The zero-order valence-corrected chi connectivity index (χ0v) is 15.0. The molecule has 1 aromatic heterocycles. The molecule has 0 radical (unpaired) electrons. The average molecular weight is 372 g/mol. The molecule has 2 aromatic carbocycles. The van der Waals surface area contributed by atoms with E-state index in [2.05, 4.69) is 15.5 Å². The van der Waals surface area contributed by atoms with Gasteiger partial charge in [0, 0.05) is 13.0 Å². The summed E-state index contributed by atoms with van der Waals surface area (Å²) in [4.78, 5) is 11.8. The molecule has 134 valence electrons. The molecule has 0 aliphatic rings. The minimum atomic E-state index is -0.212. The number of carbonyl (C=O) groups is 1. The molecule has 0 unspecified atom stereocenters. The minimum absolute atomic E-state index is 0.0439. The third-order valence-electron chi connectivity index (χ3n) is 3.62. The number of amides is 1. The first-order chi connectivity index (χ1) is 12.6. The molecule has 26 heavy (non-hydrogen) atoms. The summed E-state index contributed by atoms with van der Waals surface area (Å²) >= 11 is 6.11. The van der Waals surface area contributed by atoms with E-state index in [1.807, 2.05) is 49.4 Å². The van der Waals surface area contributed by atoms with Crippen molar-refractivity contribution in [3.8, 4) is 17.2 Å². The number of halogens is 1. The highest BCUT2D eigenvalue weighted by molar-refractivity contribution is 6.33.